The van der Waals surface area contributed by atoms with E-state index >= 15 is 0 Å². The van der Waals surface area contributed by atoms with E-state index in [1.165, 1.54) is 30.8 Å². The summed E-state index contributed by atoms with van der Waals surface area (Å²) in [5.41, 5.74) is 7.96. The van der Waals surface area contributed by atoms with E-state index in [0.29, 0.717) is 22.9 Å². The molecule has 0 bridgehead atoms. The van der Waals surface area contributed by atoms with Gasteiger partial charge in [-0.05, 0) is 53.5 Å². The summed E-state index contributed by atoms with van der Waals surface area (Å²) < 4.78 is 28.6. The van der Waals surface area contributed by atoms with Crippen LogP contribution in [-0.2, 0) is 9.59 Å². The van der Waals surface area contributed by atoms with Crippen LogP contribution in [0.5, 0.6) is 11.5 Å². The van der Waals surface area contributed by atoms with Crippen molar-refractivity contribution in [3.63, 3.8) is 0 Å². The fourth-order valence-electron chi connectivity index (χ4n) is 3.37. The van der Waals surface area contributed by atoms with Crippen LogP contribution >= 0.6 is 11.5 Å². The van der Waals surface area contributed by atoms with Gasteiger partial charge in [-0.15, -0.1) is 0 Å². The van der Waals surface area contributed by atoms with Crippen molar-refractivity contribution in [2.75, 3.05) is 19.0 Å². The molecule has 7 nitrogen and oxygen atoms in total. The first-order valence-electron chi connectivity index (χ1n) is 9.10. The van der Waals surface area contributed by atoms with E-state index in [1.54, 1.807) is 24.3 Å². The number of fused-ring (bicyclic) bond motifs is 1. The molecule has 0 saturated heterocycles. The average Bonchev–Trinajstić information content (AvgIpc) is 3.15. The van der Waals surface area contributed by atoms with Gasteiger partial charge in [-0.25, -0.2) is 4.39 Å². The quantitative estimate of drug-likeness (QED) is 0.628. The lowest BCUT2D eigenvalue weighted by atomic mass is 9.89. The third kappa shape index (κ3) is 3.84. The number of amides is 2. The van der Waals surface area contributed by atoms with Crippen LogP contribution in [0.3, 0.4) is 0 Å². The first-order chi connectivity index (χ1) is 14.5. The van der Waals surface area contributed by atoms with E-state index in [9.17, 15) is 14.0 Å². The average molecular weight is 427 g/mol. The fraction of sp³-hybridized carbons (Fsp3) is 0.190. The maximum Gasteiger partial charge on any atom is 0.255 e. The number of benzene rings is 2. The highest BCUT2D eigenvalue weighted by Gasteiger charge is 2.32. The molecule has 2 heterocycles. The van der Waals surface area contributed by atoms with E-state index in [1.807, 2.05) is 6.07 Å². The molecule has 1 atom stereocenters. The van der Waals surface area contributed by atoms with Crippen LogP contribution < -0.4 is 20.5 Å². The number of rotatable bonds is 6. The van der Waals surface area contributed by atoms with Gasteiger partial charge in [0.2, 0.25) is 5.91 Å². The Labute approximate surface area is 175 Å². The summed E-state index contributed by atoms with van der Waals surface area (Å²) >= 11 is 1.30. The van der Waals surface area contributed by atoms with E-state index in [4.69, 9.17) is 15.2 Å². The largest absolute Gasteiger partial charge is 0.493 e. The smallest absolute Gasteiger partial charge is 0.255 e. The topological polar surface area (TPSA) is 104 Å². The first-order valence-corrected chi connectivity index (χ1v) is 9.88. The number of nitrogens with one attached hydrogen (secondary N) is 1. The highest BCUT2D eigenvalue weighted by molar-refractivity contribution is 7.07. The number of carbonyl (C=O) groups excluding carboxylic acids is 2. The number of anilines is 1. The third-order valence-corrected chi connectivity index (χ3v) is 5.73. The lowest BCUT2D eigenvalue weighted by Gasteiger charge is -2.23. The normalized spacial score (nSPS) is 15.3. The second-order valence-electron chi connectivity index (χ2n) is 6.75. The van der Waals surface area contributed by atoms with Crippen molar-refractivity contribution in [2.45, 2.75) is 12.3 Å². The van der Waals surface area contributed by atoms with Gasteiger partial charge in [-0.1, -0.05) is 6.07 Å². The first kappa shape index (κ1) is 19.8. The Kier molecular flexibility index (Phi) is 5.37. The molecular formula is C21H18FN3O4S. The van der Waals surface area contributed by atoms with Gasteiger partial charge in [0.25, 0.3) is 5.91 Å². The molecular weight excluding hydrogens is 409 g/mol. The Hall–Kier alpha value is -3.46. The number of nitrogens with zero attached hydrogens (tertiary/aromatic N) is 1. The van der Waals surface area contributed by atoms with Gasteiger partial charge < -0.3 is 20.5 Å². The van der Waals surface area contributed by atoms with Gasteiger partial charge in [-0.3, -0.25) is 9.59 Å². The van der Waals surface area contributed by atoms with Crippen molar-refractivity contribution < 1.29 is 23.5 Å². The van der Waals surface area contributed by atoms with Crippen LogP contribution in [0.25, 0.3) is 11.3 Å². The maximum absolute atomic E-state index is 13.3. The number of aromatic nitrogens is 1. The minimum absolute atomic E-state index is 0.135. The Bertz CT molecular complexity index is 1110. The second kappa shape index (κ2) is 8.11. The van der Waals surface area contributed by atoms with Gasteiger partial charge in [-0.2, -0.15) is 4.37 Å². The Morgan fingerprint density at radius 2 is 2.03 bits per heavy atom. The van der Waals surface area contributed by atoms with Crippen molar-refractivity contribution in [3.05, 3.63) is 58.7 Å². The van der Waals surface area contributed by atoms with Crippen molar-refractivity contribution in [1.29, 1.82) is 0 Å². The molecule has 4 rings (SSSR count). The molecule has 1 aliphatic rings. The van der Waals surface area contributed by atoms with Gasteiger partial charge in [0, 0.05) is 17.9 Å². The SMILES string of the molecule is COc1cc([C@@H]2CC(=O)Nc3c(-c4ccc(F)cc4)nsc32)ccc1OCC(N)=O. The molecule has 1 aromatic heterocycles. The minimum Gasteiger partial charge on any atom is -0.493 e. The highest BCUT2D eigenvalue weighted by atomic mass is 32.1. The molecule has 0 fully saturated rings. The molecule has 154 valence electrons. The number of nitrogens with two attached hydrogens (primary N) is 1. The van der Waals surface area contributed by atoms with Crippen LogP contribution in [0.15, 0.2) is 42.5 Å². The molecule has 3 N–H and O–H groups in total. The van der Waals surface area contributed by atoms with Crippen molar-refractivity contribution in [2.24, 2.45) is 5.73 Å². The van der Waals surface area contributed by atoms with Crippen LogP contribution in [0.2, 0.25) is 0 Å². The number of ether oxygens (including phenoxy) is 2. The number of primary amides is 1. The second-order valence-corrected chi connectivity index (χ2v) is 7.55. The maximum atomic E-state index is 13.3. The number of hydrogen-bond donors (Lipinski definition) is 2. The zero-order valence-corrected chi connectivity index (χ0v) is 16.8. The predicted octanol–water partition coefficient (Wildman–Crippen LogP) is 3.30. The van der Waals surface area contributed by atoms with Crippen molar-refractivity contribution >= 4 is 29.0 Å². The predicted molar refractivity (Wildman–Crippen MR) is 110 cm³/mol. The molecule has 2 aromatic carbocycles. The molecule has 3 aromatic rings. The van der Waals surface area contributed by atoms with Gasteiger partial charge in [0.15, 0.2) is 18.1 Å². The van der Waals surface area contributed by atoms with Gasteiger partial charge in [0.1, 0.15) is 11.5 Å². The van der Waals surface area contributed by atoms with Gasteiger partial charge >= 0.3 is 0 Å². The van der Waals surface area contributed by atoms with E-state index in [0.717, 1.165) is 16.0 Å². The summed E-state index contributed by atoms with van der Waals surface area (Å²) in [7, 11) is 1.49. The lowest BCUT2D eigenvalue weighted by Crippen LogP contribution is -2.22. The number of halogens is 1. The molecule has 0 aliphatic carbocycles. The molecule has 1 aliphatic heterocycles. The molecule has 9 heteroatoms. The standard InChI is InChI=1S/C21H18FN3O4S/c1-28-16-8-12(4-7-15(16)29-10-17(23)26)14-9-18(27)24-20-19(25-30-21(14)20)11-2-5-13(22)6-3-11/h2-8,14H,9-10H2,1H3,(H2,23,26)(H,24,27)/t14-/m0/s1. The fourth-order valence-corrected chi connectivity index (χ4v) is 4.35. The van der Waals surface area contributed by atoms with Crippen LogP contribution in [0, 0.1) is 5.82 Å². The summed E-state index contributed by atoms with van der Waals surface area (Å²) in [4.78, 5) is 24.3. The van der Waals surface area contributed by atoms with Gasteiger partial charge in [0.05, 0.1) is 17.7 Å². The molecule has 0 saturated carbocycles. The zero-order valence-electron chi connectivity index (χ0n) is 16.0. The summed E-state index contributed by atoms with van der Waals surface area (Å²) in [5, 5.41) is 2.90. The summed E-state index contributed by atoms with van der Waals surface area (Å²) in [6.45, 7) is -0.262. The van der Waals surface area contributed by atoms with Crippen LogP contribution in [0.1, 0.15) is 22.8 Å². The van der Waals surface area contributed by atoms with Crippen LogP contribution in [-0.4, -0.2) is 29.9 Å². The Morgan fingerprint density at radius 3 is 2.73 bits per heavy atom. The Balaban J connectivity index is 1.71. The molecule has 0 unspecified atom stereocenters. The number of methoxy groups -OCH3 is 1. The Morgan fingerprint density at radius 1 is 1.27 bits per heavy atom. The van der Waals surface area contributed by atoms with Crippen molar-refractivity contribution in [3.8, 4) is 22.8 Å². The van der Waals surface area contributed by atoms with Crippen molar-refractivity contribution in [1.82, 2.24) is 4.37 Å². The van der Waals surface area contributed by atoms with E-state index in [2.05, 4.69) is 9.69 Å². The van der Waals surface area contributed by atoms with Crippen LogP contribution in [0.4, 0.5) is 10.1 Å². The zero-order chi connectivity index (χ0) is 21.3. The monoisotopic (exact) mass is 427 g/mol. The summed E-state index contributed by atoms with van der Waals surface area (Å²) in [6.07, 6.45) is 0.253. The van der Waals surface area contributed by atoms with E-state index in [-0.39, 0.29) is 30.7 Å². The van der Waals surface area contributed by atoms with E-state index < -0.39 is 5.91 Å². The number of hydrogen-bond acceptors (Lipinski definition) is 6. The lowest BCUT2D eigenvalue weighted by molar-refractivity contribution is -0.120. The number of carbonyl (C=O) groups is 2. The highest BCUT2D eigenvalue weighted by Crippen LogP contribution is 2.46. The summed E-state index contributed by atoms with van der Waals surface area (Å²) in [6, 6.07) is 11.3. The minimum atomic E-state index is -0.590. The molecule has 2 amide bonds. The molecule has 30 heavy (non-hydrogen) atoms. The third-order valence-electron chi connectivity index (χ3n) is 4.77. The molecule has 0 spiro atoms. The molecule has 0 radical (unpaired) electrons. The summed E-state index contributed by atoms with van der Waals surface area (Å²) in [5.74, 6) is -0.465.